The number of rotatable bonds is 7. The summed E-state index contributed by atoms with van der Waals surface area (Å²) in [5.41, 5.74) is 1.10. The van der Waals surface area contributed by atoms with Crippen LogP contribution in [0.2, 0.25) is 0 Å². The van der Waals surface area contributed by atoms with Gasteiger partial charge in [-0.25, -0.2) is 4.98 Å². The fraction of sp³-hybridized carbons (Fsp3) is 0.353. The summed E-state index contributed by atoms with van der Waals surface area (Å²) in [7, 11) is 0. The van der Waals surface area contributed by atoms with Crippen molar-refractivity contribution < 1.29 is 4.79 Å². The zero-order chi connectivity index (χ0) is 16.7. The van der Waals surface area contributed by atoms with Gasteiger partial charge in [0.1, 0.15) is 5.82 Å². The minimum Gasteiger partial charge on any atom is -0.355 e. The van der Waals surface area contributed by atoms with Crippen molar-refractivity contribution in [2.24, 2.45) is 5.92 Å². The SMILES string of the molecule is CC(C)CNC(=O)C(C)Sc1n[nH]c(/C=C/c2ccccc2)n1. The van der Waals surface area contributed by atoms with Gasteiger partial charge in [-0.1, -0.05) is 62.0 Å². The van der Waals surface area contributed by atoms with Gasteiger partial charge in [-0.3, -0.25) is 9.89 Å². The van der Waals surface area contributed by atoms with E-state index >= 15 is 0 Å². The number of aromatic amines is 1. The Morgan fingerprint density at radius 3 is 2.70 bits per heavy atom. The molecule has 0 radical (unpaired) electrons. The van der Waals surface area contributed by atoms with Gasteiger partial charge in [0.2, 0.25) is 11.1 Å². The maximum atomic E-state index is 12.0. The van der Waals surface area contributed by atoms with Crippen LogP contribution in [0.5, 0.6) is 0 Å². The summed E-state index contributed by atoms with van der Waals surface area (Å²) in [6.45, 7) is 6.68. The Morgan fingerprint density at radius 2 is 2.00 bits per heavy atom. The van der Waals surface area contributed by atoms with Crippen molar-refractivity contribution in [2.75, 3.05) is 6.54 Å². The number of nitrogens with one attached hydrogen (secondary N) is 2. The van der Waals surface area contributed by atoms with E-state index in [1.807, 2.05) is 49.4 Å². The highest BCUT2D eigenvalue weighted by molar-refractivity contribution is 8.00. The number of carbonyl (C=O) groups excluding carboxylic acids is 1. The van der Waals surface area contributed by atoms with Crippen molar-refractivity contribution in [3.8, 4) is 0 Å². The topological polar surface area (TPSA) is 70.7 Å². The summed E-state index contributed by atoms with van der Waals surface area (Å²) < 4.78 is 0. The van der Waals surface area contributed by atoms with Crippen LogP contribution >= 0.6 is 11.8 Å². The zero-order valence-electron chi connectivity index (χ0n) is 13.6. The van der Waals surface area contributed by atoms with Gasteiger partial charge < -0.3 is 5.32 Å². The molecule has 0 aliphatic carbocycles. The second-order valence-corrected chi connectivity index (χ2v) is 6.95. The van der Waals surface area contributed by atoms with Crippen molar-refractivity contribution in [3.63, 3.8) is 0 Å². The molecular formula is C17H22N4OS. The molecular weight excluding hydrogens is 308 g/mol. The molecule has 0 saturated carbocycles. The first-order valence-corrected chi connectivity index (χ1v) is 8.52. The molecule has 6 heteroatoms. The van der Waals surface area contributed by atoms with Crippen molar-refractivity contribution in [1.29, 1.82) is 0 Å². The molecule has 0 aliphatic rings. The van der Waals surface area contributed by atoms with E-state index in [-0.39, 0.29) is 11.2 Å². The van der Waals surface area contributed by atoms with E-state index in [0.29, 0.717) is 23.4 Å². The summed E-state index contributed by atoms with van der Waals surface area (Å²) in [5.74, 6) is 1.12. The average molecular weight is 330 g/mol. The predicted molar refractivity (Wildman–Crippen MR) is 94.9 cm³/mol. The first-order valence-electron chi connectivity index (χ1n) is 7.64. The highest BCUT2D eigenvalue weighted by atomic mass is 32.2. The lowest BCUT2D eigenvalue weighted by molar-refractivity contribution is -0.120. The van der Waals surface area contributed by atoms with Gasteiger partial charge >= 0.3 is 0 Å². The van der Waals surface area contributed by atoms with E-state index in [0.717, 1.165) is 5.56 Å². The van der Waals surface area contributed by atoms with Crippen LogP contribution in [0.4, 0.5) is 0 Å². The smallest absolute Gasteiger partial charge is 0.233 e. The minimum atomic E-state index is -0.226. The van der Waals surface area contributed by atoms with E-state index in [1.165, 1.54) is 11.8 Å². The van der Waals surface area contributed by atoms with Crippen LogP contribution in [0.25, 0.3) is 12.2 Å². The third-order valence-electron chi connectivity index (χ3n) is 3.05. The number of thioether (sulfide) groups is 1. The predicted octanol–water partition coefficient (Wildman–Crippen LogP) is 3.23. The zero-order valence-corrected chi connectivity index (χ0v) is 14.4. The third-order valence-corrected chi connectivity index (χ3v) is 4.01. The molecule has 1 aromatic carbocycles. The Hall–Kier alpha value is -2.08. The number of amides is 1. The first kappa shape index (κ1) is 17.3. The Balaban J connectivity index is 1.89. The Labute approximate surface area is 141 Å². The number of hydrogen-bond donors (Lipinski definition) is 2. The second kappa shape index (κ2) is 8.53. The molecule has 122 valence electrons. The van der Waals surface area contributed by atoms with Gasteiger partial charge in [-0.05, 0) is 24.5 Å². The maximum absolute atomic E-state index is 12.0. The average Bonchev–Trinajstić information content (AvgIpc) is 2.99. The Kier molecular flexibility index (Phi) is 6.40. The van der Waals surface area contributed by atoms with E-state index < -0.39 is 0 Å². The normalized spacial score (nSPS) is 12.7. The van der Waals surface area contributed by atoms with Gasteiger partial charge in [0.15, 0.2) is 0 Å². The molecule has 1 amide bonds. The summed E-state index contributed by atoms with van der Waals surface area (Å²) in [6.07, 6.45) is 3.84. The van der Waals surface area contributed by atoms with Crippen molar-refractivity contribution in [1.82, 2.24) is 20.5 Å². The van der Waals surface area contributed by atoms with Gasteiger partial charge in [-0.15, -0.1) is 5.10 Å². The lowest BCUT2D eigenvalue weighted by Gasteiger charge is -2.11. The fourth-order valence-corrected chi connectivity index (χ4v) is 2.54. The van der Waals surface area contributed by atoms with Crippen LogP contribution in [0.1, 0.15) is 32.2 Å². The molecule has 1 heterocycles. The van der Waals surface area contributed by atoms with E-state index in [2.05, 4.69) is 34.3 Å². The molecule has 0 saturated heterocycles. The highest BCUT2D eigenvalue weighted by Crippen LogP contribution is 2.19. The van der Waals surface area contributed by atoms with Crippen LogP contribution in [0.15, 0.2) is 35.5 Å². The molecule has 1 aromatic heterocycles. The summed E-state index contributed by atoms with van der Waals surface area (Å²) in [6, 6.07) is 9.98. The molecule has 1 atom stereocenters. The highest BCUT2D eigenvalue weighted by Gasteiger charge is 2.16. The molecule has 1 unspecified atom stereocenters. The molecule has 5 nitrogen and oxygen atoms in total. The molecule has 2 rings (SSSR count). The Bertz CT molecular complexity index is 652. The lowest BCUT2D eigenvalue weighted by Crippen LogP contribution is -2.33. The molecule has 0 spiro atoms. The van der Waals surface area contributed by atoms with Crippen molar-refractivity contribution in [2.45, 2.75) is 31.2 Å². The van der Waals surface area contributed by atoms with E-state index in [4.69, 9.17) is 0 Å². The molecule has 0 bridgehead atoms. The summed E-state index contributed by atoms with van der Waals surface area (Å²) >= 11 is 1.35. The second-order valence-electron chi connectivity index (χ2n) is 5.65. The van der Waals surface area contributed by atoms with Crippen molar-refractivity contribution >= 4 is 29.8 Å². The largest absolute Gasteiger partial charge is 0.355 e. The molecule has 0 fully saturated rings. The third kappa shape index (κ3) is 5.90. The van der Waals surface area contributed by atoms with Gasteiger partial charge in [0.25, 0.3) is 0 Å². The van der Waals surface area contributed by atoms with E-state index in [9.17, 15) is 4.79 Å². The molecule has 2 aromatic rings. The number of H-pyrrole nitrogens is 1. The van der Waals surface area contributed by atoms with Gasteiger partial charge in [-0.2, -0.15) is 0 Å². The van der Waals surface area contributed by atoms with Crippen molar-refractivity contribution in [3.05, 3.63) is 41.7 Å². The molecule has 2 N–H and O–H groups in total. The lowest BCUT2D eigenvalue weighted by atomic mass is 10.2. The Morgan fingerprint density at radius 1 is 1.26 bits per heavy atom. The van der Waals surface area contributed by atoms with Crippen LogP contribution in [0.3, 0.4) is 0 Å². The maximum Gasteiger partial charge on any atom is 0.233 e. The quantitative estimate of drug-likeness (QED) is 0.765. The first-order chi connectivity index (χ1) is 11.0. The van der Waals surface area contributed by atoms with Gasteiger partial charge in [0, 0.05) is 6.54 Å². The number of hydrogen-bond acceptors (Lipinski definition) is 4. The van der Waals surface area contributed by atoms with Crippen LogP contribution in [-0.2, 0) is 4.79 Å². The summed E-state index contributed by atoms with van der Waals surface area (Å²) in [4.78, 5) is 16.3. The van der Waals surface area contributed by atoms with Crippen LogP contribution < -0.4 is 5.32 Å². The fourth-order valence-electron chi connectivity index (χ4n) is 1.78. The number of benzene rings is 1. The standard InChI is InChI=1S/C17H22N4OS/c1-12(2)11-18-16(22)13(3)23-17-19-15(20-21-17)10-9-14-7-5-4-6-8-14/h4-10,12-13H,11H2,1-3H3,(H,18,22)(H,19,20,21)/b10-9+. The number of nitrogens with zero attached hydrogens (tertiary/aromatic N) is 2. The number of aromatic nitrogens is 3. The van der Waals surface area contributed by atoms with Crippen LogP contribution in [0, 0.1) is 5.92 Å². The number of carbonyl (C=O) groups is 1. The van der Waals surface area contributed by atoms with Gasteiger partial charge in [0.05, 0.1) is 5.25 Å². The van der Waals surface area contributed by atoms with E-state index in [1.54, 1.807) is 0 Å². The molecule has 23 heavy (non-hydrogen) atoms. The molecule has 0 aliphatic heterocycles. The van der Waals surface area contributed by atoms with Crippen LogP contribution in [-0.4, -0.2) is 32.9 Å². The minimum absolute atomic E-state index is 0.00915. The summed E-state index contributed by atoms with van der Waals surface area (Å²) in [5, 5.41) is 10.3. The monoisotopic (exact) mass is 330 g/mol.